The summed E-state index contributed by atoms with van der Waals surface area (Å²) < 4.78 is 11.3. The molecule has 3 atom stereocenters. The average Bonchev–Trinajstić information content (AvgIpc) is 3.04. The maximum atomic E-state index is 13.5. The predicted octanol–water partition coefficient (Wildman–Crippen LogP) is 3.60. The minimum atomic E-state index is 0.104. The van der Waals surface area contributed by atoms with E-state index >= 15 is 0 Å². The third-order valence-electron chi connectivity index (χ3n) is 6.51. The lowest BCUT2D eigenvalue weighted by molar-refractivity contribution is 0.0509. The minimum Gasteiger partial charge on any atom is -0.486 e. The second-order valence-electron chi connectivity index (χ2n) is 8.21. The number of hydrogen-bond acceptors (Lipinski definition) is 4. The normalized spacial score (nSPS) is 26.3. The van der Waals surface area contributed by atoms with E-state index in [-0.39, 0.29) is 11.9 Å². The molecule has 1 N–H and O–H groups in total. The van der Waals surface area contributed by atoms with E-state index < -0.39 is 0 Å². The van der Waals surface area contributed by atoms with Gasteiger partial charge in [-0.3, -0.25) is 4.79 Å². The fourth-order valence-corrected chi connectivity index (χ4v) is 5.12. The molecule has 0 saturated carbocycles. The van der Waals surface area contributed by atoms with Crippen LogP contribution in [0.5, 0.6) is 11.5 Å². The number of hydrogen-bond donors (Lipinski definition) is 1. The van der Waals surface area contributed by atoms with Crippen LogP contribution in [-0.2, 0) is 0 Å². The molecule has 152 valence electrons. The summed E-state index contributed by atoms with van der Waals surface area (Å²) in [5.74, 6) is 1.96. The lowest BCUT2D eigenvalue weighted by Gasteiger charge is -2.45. The molecule has 3 aliphatic heterocycles. The molecule has 0 aromatic heterocycles. The smallest absolute Gasteiger partial charge is 0.254 e. The molecule has 2 aromatic carbocycles. The molecule has 3 aliphatic rings. The molecule has 2 saturated heterocycles. The highest BCUT2D eigenvalue weighted by atomic mass is 16.6. The molecule has 5 nitrogen and oxygen atoms in total. The van der Waals surface area contributed by atoms with Crippen molar-refractivity contribution in [1.29, 1.82) is 0 Å². The summed E-state index contributed by atoms with van der Waals surface area (Å²) in [6, 6.07) is 16.9. The number of piperidine rings is 1. The van der Waals surface area contributed by atoms with E-state index in [1.54, 1.807) is 0 Å². The lowest BCUT2D eigenvalue weighted by Crippen LogP contribution is -2.58. The van der Waals surface area contributed by atoms with Crippen LogP contribution < -0.4 is 14.8 Å². The molecule has 2 fully saturated rings. The van der Waals surface area contributed by atoms with E-state index in [1.807, 2.05) is 18.2 Å². The van der Waals surface area contributed by atoms with Crippen LogP contribution >= 0.6 is 0 Å². The maximum absolute atomic E-state index is 13.5. The summed E-state index contributed by atoms with van der Waals surface area (Å²) in [4.78, 5) is 15.6. The van der Waals surface area contributed by atoms with E-state index in [4.69, 9.17) is 9.47 Å². The van der Waals surface area contributed by atoms with Gasteiger partial charge in [0.1, 0.15) is 13.2 Å². The molecule has 0 aliphatic carbocycles. The van der Waals surface area contributed by atoms with Crippen LogP contribution in [0.1, 0.15) is 47.5 Å². The van der Waals surface area contributed by atoms with Crippen molar-refractivity contribution >= 4 is 5.91 Å². The number of nitrogens with zero attached hydrogens (tertiary/aromatic N) is 1. The average molecular weight is 392 g/mol. The van der Waals surface area contributed by atoms with Crippen molar-refractivity contribution in [2.24, 2.45) is 0 Å². The van der Waals surface area contributed by atoms with E-state index in [0.29, 0.717) is 36.5 Å². The second kappa shape index (κ2) is 8.07. The molecular formula is C24H28N2O3. The van der Waals surface area contributed by atoms with Crippen molar-refractivity contribution in [3.8, 4) is 11.5 Å². The number of rotatable bonds is 2. The molecule has 3 heterocycles. The minimum absolute atomic E-state index is 0.104. The van der Waals surface area contributed by atoms with Crippen LogP contribution in [0.25, 0.3) is 0 Å². The summed E-state index contributed by atoms with van der Waals surface area (Å²) in [6.07, 6.45) is 4.35. The highest BCUT2D eigenvalue weighted by Gasteiger charge is 2.41. The molecule has 29 heavy (non-hydrogen) atoms. The Hall–Kier alpha value is -2.53. The van der Waals surface area contributed by atoms with Gasteiger partial charge in [-0.05, 0) is 49.6 Å². The highest BCUT2D eigenvalue weighted by molar-refractivity contribution is 5.95. The molecule has 0 unspecified atom stereocenters. The van der Waals surface area contributed by atoms with E-state index in [1.165, 1.54) is 12.0 Å². The zero-order valence-electron chi connectivity index (χ0n) is 16.7. The molecule has 5 rings (SSSR count). The van der Waals surface area contributed by atoms with Crippen LogP contribution in [0, 0.1) is 0 Å². The van der Waals surface area contributed by atoms with Gasteiger partial charge in [-0.25, -0.2) is 0 Å². The number of benzene rings is 2. The Bertz CT molecular complexity index is 870. The van der Waals surface area contributed by atoms with E-state index in [2.05, 4.69) is 40.5 Å². The molecule has 1 amide bonds. The molecule has 0 bridgehead atoms. The van der Waals surface area contributed by atoms with Gasteiger partial charge in [0.05, 0.1) is 0 Å². The predicted molar refractivity (Wildman–Crippen MR) is 112 cm³/mol. The van der Waals surface area contributed by atoms with Crippen LogP contribution in [-0.4, -0.2) is 49.2 Å². The zero-order valence-corrected chi connectivity index (χ0v) is 16.7. The quantitative estimate of drug-likeness (QED) is 0.849. The molecular weight excluding hydrogens is 364 g/mol. The standard InChI is InChI=1S/C24H28N2O3/c27-24(18-9-10-21-22(16-18)29-15-14-28-21)26-13-11-19(17-6-2-1-3-7-17)23-20(26)8-4-5-12-25-23/h1-3,6-7,9-10,16,19-20,23,25H,4-5,8,11-15H2/t19-,20-,23-/m1/s1. The fraction of sp³-hybridized carbons (Fsp3) is 0.458. The Labute approximate surface area is 172 Å². The van der Waals surface area contributed by atoms with Gasteiger partial charge in [-0.15, -0.1) is 0 Å². The topological polar surface area (TPSA) is 50.8 Å². The Kier molecular flexibility index (Phi) is 5.15. The summed E-state index contributed by atoms with van der Waals surface area (Å²) in [7, 11) is 0. The Morgan fingerprint density at radius 1 is 0.966 bits per heavy atom. The number of ether oxygens (including phenoxy) is 2. The lowest BCUT2D eigenvalue weighted by atomic mass is 9.79. The number of nitrogens with one attached hydrogen (secondary N) is 1. The molecule has 2 aromatic rings. The second-order valence-corrected chi connectivity index (χ2v) is 8.21. The van der Waals surface area contributed by atoms with E-state index in [9.17, 15) is 4.79 Å². The van der Waals surface area contributed by atoms with Crippen LogP contribution in [0.4, 0.5) is 0 Å². The first-order valence-electron chi connectivity index (χ1n) is 10.8. The summed E-state index contributed by atoms with van der Waals surface area (Å²) >= 11 is 0. The van der Waals surface area contributed by atoms with Gasteiger partial charge in [0.15, 0.2) is 11.5 Å². The third-order valence-corrected chi connectivity index (χ3v) is 6.51. The summed E-state index contributed by atoms with van der Waals surface area (Å²) in [5, 5.41) is 3.78. The van der Waals surface area contributed by atoms with Crippen molar-refractivity contribution in [2.75, 3.05) is 26.3 Å². The first kappa shape index (κ1) is 18.5. The third kappa shape index (κ3) is 3.60. The maximum Gasteiger partial charge on any atom is 0.254 e. The van der Waals surface area contributed by atoms with Crippen LogP contribution in [0.2, 0.25) is 0 Å². The van der Waals surface area contributed by atoms with Crippen molar-refractivity contribution < 1.29 is 14.3 Å². The van der Waals surface area contributed by atoms with Crippen LogP contribution in [0.15, 0.2) is 48.5 Å². The summed E-state index contributed by atoms with van der Waals surface area (Å²) in [5.41, 5.74) is 2.07. The van der Waals surface area contributed by atoms with Gasteiger partial charge in [-0.2, -0.15) is 0 Å². The van der Waals surface area contributed by atoms with Crippen molar-refractivity contribution in [3.63, 3.8) is 0 Å². The Balaban J connectivity index is 1.42. The van der Waals surface area contributed by atoms with Gasteiger partial charge < -0.3 is 19.7 Å². The number of carbonyl (C=O) groups is 1. The van der Waals surface area contributed by atoms with Gasteiger partial charge in [-0.1, -0.05) is 36.8 Å². The zero-order chi connectivity index (χ0) is 19.6. The number of amides is 1. The van der Waals surface area contributed by atoms with Gasteiger partial charge in [0.2, 0.25) is 0 Å². The number of carbonyl (C=O) groups excluding carboxylic acids is 1. The molecule has 0 spiro atoms. The number of fused-ring (bicyclic) bond motifs is 2. The number of likely N-dealkylation sites (tertiary alicyclic amines) is 1. The van der Waals surface area contributed by atoms with Crippen molar-refractivity contribution in [3.05, 3.63) is 59.7 Å². The Morgan fingerprint density at radius 3 is 2.66 bits per heavy atom. The highest BCUT2D eigenvalue weighted by Crippen LogP contribution is 2.37. The van der Waals surface area contributed by atoms with Crippen molar-refractivity contribution in [2.45, 2.75) is 43.7 Å². The van der Waals surface area contributed by atoms with Gasteiger partial charge in [0, 0.05) is 30.1 Å². The summed E-state index contributed by atoms with van der Waals surface area (Å²) in [6.45, 7) is 2.90. The SMILES string of the molecule is O=C(c1ccc2c(c1)OCCO2)N1CC[C@H](c2ccccc2)[C@H]2NCCCC[C@H]21. The van der Waals surface area contributed by atoms with Gasteiger partial charge >= 0.3 is 0 Å². The Morgan fingerprint density at radius 2 is 1.79 bits per heavy atom. The fourth-order valence-electron chi connectivity index (χ4n) is 5.12. The first-order chi connectivity index (χ1) is 14.3. The van der Waals surface area contributed by atoms with Gasteiger partial charge in [0.25, 0.3) is 5.91 Å². The monoisotopic (exact) mass is 392 g/mol. The molecule has 0 radical (unpaired) electrons. The van der Waals surface area contributed by atoms with Crippen LogP contribution in [0.3, 0.4) is 0 Å². The van der Waals surface area contributed by atoms with E-state index in [0.717, 1.165) is 38.1 Å². The molecule has 5 heteroatoms. The largest absolute Gasteiger partial charge is 0.486 e. The first-order valence-corrected chi connectivity index (χ1v) is 10.8. The van der Waals surface area contributed by atoms with Crippen molar-refractivity contribution in [1.82, 2.24) is 10.2 Å².